The van der Waals surface area contributed by atoms with Crippen LogP contribution in [0.25, 0.3) is 11.4 Å². The molecule has 0 saturated heterocycles. The van der Waals surface area contributed by atoms with Crippen molar-refractivity contribution in [3.05, 3.63) is 34.6 Å². The second-order valence-electron chi connectivity index (χ2n) is 4.96. The second-order valence-corrected chi connectivity index (χ2v) is 6.27. The molecule has 8 heteroatoms. The number of hydrogen-bond acceptors (Lipinski definition) is 5. The molecule has 5 nitrogen and oxygen atoms in total. The number of pyridine rings is 1. The van der Waals surface area contributed by atoms with Crippen molar-refractivity contribution in [3.8, 4) is 17.3 Å². The summed E-state index contributed by atoms with van der Waals surface area (Å²) in [6.07, 6.45) is 1.58. The quantitative estimate of drug-likeness (QED) is 0.756. The molecule has 0 aliphatic carbocycles. The minimum Gasteiger partial charge on any atom is -0.471 e. The Hall–Kier alpha value is -1.96. The molecule has 0 aromatic carbocycles. The highest BCUT2D eigenvalue weighted by atomic mass is 32.2. The lowest BCUT2D eigenvalue weighted by atomic mass is 10.2. The smallest absolute Gasteiger partial charge is 0.278 e. The monoisotopic (exact) mass is 341 g/mol. The van der Waals surface area contributed by atoms with Gasteiger partial charge in [-0.25, -0.2) is 13.5 Å². The lowest BCUT2D eigenvalue weighted by Crippen LogP contribution is -2.24. The van der Waals surface area contributed by atoms with E-state index in [1.165, 1.54) is 11.7 Å². The molecule has 0 aliphatic rings. The number of aromatic nitrogens is 3. The first-order chi connectivity index (χ1) is 10.8. The number of aryl methyl sites for hydroxylation is 1. The minimum atomic E-state index is -2.99. The van der Waals surface area contributed by atoms with Crippen molar-refractivity contribution in [1.29, 1.82) is 0 Å². The van der Waals surface area contributed by atoms with Crippen molar-refractivity contribution in [2.24, 2.45) is 7.05 Å². The van der Waals surface area contributed by atoms with Gasteiger partial charge >= 0.3 is 0 Å². The normalized spacial score (nSPS) is 11.5. The summed E-state index contributed by atoms with van der Waals surface area (Å²) >= 11 is 1.55. The molecule has 0 saturated carbocycles. The zero-order chi connectivity index (χ0) is 17.0. The van der Waals surface area contributed by atoms with E-state index >= 15 is 0 Å². The van der Waals surface area contributed by atoms with E-state index in [-0.39, 0.29) is 11.6 Å². The van der Waals surface area contributed by atoms with Gasteiger partial charge in [-0.2, -0.15) is 5.10 Å². The molecule has 2 rings (SSSR count). The van der Waals surface area contributed by atoms with Gasteiger partial charge in [0.2, 0.25) is 11.3 Å². The number of ether oxygens (including phenoxy) is 1. The van der Waals surface area contributed by atoms with Crippen molar-refractivity contribution >= 4 is 11.8 Å². The lowest BCUT2D eigenvalue weighted by molar-refractivity contribution is -0.0256. The van der Waals surface area contributed by atoms with Crippen LogP contribution < -0.4 is 10.2 Å². The van der Waals surface area contributed by atoms with Crippen LogP contribution in [-0.2, 0) is 7.05 Å². The Morgan fingerprint density at radius 2 is 2.13 bits per heavy atom. The first-order valence-electron chi connectivity index (χ1n) is 6.99. The average molecular weight is 341 g/mol. The number of rotatable bonds is 6. The van der Waals surface area contributed by atoms with E-state index < -0.39 is 18.0 Å². The van der Waals surface area contributed by atoms with Crippen molar-refractivity contribution in [2.75, 3.05) is 12.4 Å². The predicted molar refractivity (Wildman–Crippen MR) is 85.2 cm³/mol. The van der Waals surface area contributed by atoms with E-state index in [1.807, 2.05) is 13.0 Å². The summed E-state index contributed by atoms with van der Waals surface area (Å²) in [5.74, 6) is -2.17. The molecule has 0 N–H and O–H groups in total. The summed E-state index contributed by atoms with van der Waals surface area (Å²) in [4.78, 5) is 17.3. The van der Waals surface area contributed by atoms with Crippen molar-refractivity contribution < 1.29 is 13.5 Å². The maximum atomic E-state index is 12.9. The van der Waals surface area contributed by atoms with Gasteiger partial charge in [-0.15, -0.1) is 11.8 Å². The van der Waals surface area contributed by atoms with Gasteiger partial charge in [0, 0.05) is 31.1 Å². The highest BCUT2D eigenvalue weighted by Crippen LogP contribution is 2.26. The predicted octanol–water partition coefficient (Wildman–Crippen LogP) is 2.99. The summed E-state index contributed by atoms with van der Waals surface area (Å²) in [5, 5.41) is 4.14. The zero-order valence-electron chi connectivity index (χ0n) is 13.0. The SMILES string of the molecule is CCSc1cccnc1-c1nn(C)c(OCC(C)(F)F)cc1=O. The Labute approximate surface area is 136 Å². The third kappa shape index (κ3) is 4.51. The van der Waals surface area contributed by atoms with Crippen molar-refractivity contribution in [1.82, 2.24) is 14.8 Å². The molecule has 0 spiro atoms. The molecule has 124 valence electrons. The van der Waals surface area contributed by atoms with Gasteiger partial charge in [0.1, 0.15) is 5.69 Å². The van der Waals surface area contributed by atoms with E-state index in [4.69, 9.17) is 4.74 Å². The Morgan fingerprint density at radius 1 is 1.39 bits per heavy atom. The van der Waals surface area contributed by atoms with Crippen LogP contribution in [0.1, 0.15) is 13.8 Å². The number of thioether (sulfide) groups is 1. The Kier molecular flexibility index (Phi) is 5.35. The summed E-state index contributed by atoms with van der Waals surface area (Å²) in [6, 6.07) is 4.80. The molecule has 0 radical (unpaired) electrons. The first kappa shape index (κ1) is 17.4. The van der Waals surface area contributed by atoms with E-state index in [1.54, 1.807) is 24.0 Å². The molecular weight excluding hydrogens is 324 g/mol. The van der Waals surface area contributed by atoms with Crippen LogP contribution in [0.3, 0.4) is 0 Å². The van der Waals surface area contributed by atoms with Crippen LogP contribution in [0, 0.1) is 0 Å². The van der Waals surface area contributed by atoms with Crippen LogP contribution in [0.4, 0.5) is 8.78 Å². The van der Waals surface area contributed by atoms with Gasteiger partial charge in [-0.05, 0) is 17.9 Å². The largest absolute Gasteiger partial charge is 0.471 e. The highest BCUT2D eigenvalue weighted by Gasteiger charge is 2.23. The summed E-state index contributed by atoms with van der Waals surface area (Å²) in [5.41, 5.74) is 0.223. The molecular formula is C15H17F2N3O2S. The summed E-state index contributed by atoms with van der Waals surface area (Å²) in [7, 11) is 1.53. The van der Waals surface area contributed by atoms with Crippen LogP contribution in [-0.4, -0.2) is 33.0 Å². The molecule has 0 bridgehead atoms. The van der Waals surface area contributed by atoms with Gasteiger partial charge in [-0.1, -0.05) is 6.92 Å². The van der Waals surface area contributed by atoms with Gasteiger partial charge < -0.3 is 4.74 Å². The minimum absolute atomic E-state index is 0.0131. The zero-order valence-corrected chi connectivity index (χ0v) is 13.9. The molecule has 0 unspecified atom stereocenters. The standard InChI is InChI=1S/C15H17F2N3O2S/c1-4-23-11-6-5-7-18-14(11)13-10(21)8-12(20(3)19-13)22-9-15(2,16)17/h5-8H,4,9H2,1-3H3. The lowest BCUT2D eigenvalue weighted by Gasteiger charge is -2.14. The third-order valence-electron chi connectivity index (χ3n) is 2.83. The van der Waals surface area contributed by atoms with Crippen LogP contribution >= 0.6 is 11.8 Å². The fraction of sp³-hybridized carbons (Fsp3) is 0.400. The molecule has 2 aromatic rings. The number of halogens is 2. The Bertz CT molecular complexity index is 744. The fourth-order valence-electron chi connectivity index (χ4n) is 1.86. The Balaban J connectivity index is 2.39. The van der Waals surface area contributed by atoms with E-state index in [9.17, 15) is 13.6 Å². The van der Waals surface area contributed by atoms with Crippen LogP contribution in [0.2, 0.25) is 0 Å². The molecule has 0 amide bonds. The maximum Gasteiger partial charge on any atom is 0.278 e. The molecule has 0 aliphatic heterocycles. The molecule has 0 fully saturated rings. The highest BCUT2D eigenvalue weighted by molar-refractivity contribution is 7.99. The van der Waals surface area contributed by atoms with E-state index in [0.717, 1.165) is 23.6 Å². The van der Waals surface area contributed by atoms with Gasteiger partial charge in [0.25, 0.3) is 5.92 Å². The number of hydrogen-bond donors (Lipinski definition) is 0. The van der Waals surface area contributed by atoms with Crippen LogP contribution in [0.5, 0.6) is 5.88 Å². The van der Waals surface area contributed by atoms with Gasteiger partial charge in [0.15, 0.2) is 12.3 Å². The van der Waals surface area contributed by atoms with E-state index in [2.05, 4.69) is 10.1 Å². The maximum absolute atomic E-state index is 12.9. The fourth-order valence-corrected chi connectivity index (χ4v) is 2.63. The number of alkyl halides is 2. The number of nitrogens with zero attached hydrogens (tertiary/aromatic N) is 3. The second kappa shape index (κ2) is 7.08. The average Bonchev–Trinajstić information content (AvgIpc) is 2.48. The topological polar surface area (TPSA) is 57.0 Å². The van der Waals surface area contributed by atoms with Crippen molar-refractivity contribution in [2.45, 2.75) is 24.7 Å². The van der Waals surface area contributed by atoms with Gasteiger partial charge in [-0.3, -0.25) is 9.78 Å². The first-order valence-corrected chi connectivity index (χ1v) is 7.97. The molecule has 0 atom stereocenters. The summed E-state index contributed by atoms with van der Waals surface area (Å²) < 4.78 is 32.0. The molecule has 2 heterocycles. The third-order valence-corrected chi connectivity index (χ3v) is 3.75. The molecule has 23 heavy (non-hydrogen) atoms. The summed E-state index contributed by atoms with van der Waals surface area (Å²) in [6.45, 7) is 1.92. The van der Waals surface area contributed by atoms with Crippen LogP contribution in [0.15, 0.2) is 34.1 Å². The van der Waals surface area contributed by atoms with Gasteiger partial charge in [0.05, 0.1) is 0 Å². The van der Waals surface area contributed by atoms with Crippen molar-refractivity contribution in [3.63, 3.8) is 0 Å². The molecule has 2 aromatic heterocycles. The Morgan fingerprint density at radius 3 is 2.78 bits per heavy atom. The van der Waals surface area contributed by atoms with E-state index in [0.29, 0.717) is 5.69 Å².